The molecule has 0 aliphatic carbocycles. The van der Waals surface area contributed by atoms with E-state index in [-0.39, 0.29) is 11.8 Å². The van der Waals surface area contributed by atoms with E-state index >= 15 is 0 Å². The summed E-state index contributed by atoms with van der Waals surface area (Å²) in [5.74, 6) is 1.11. The number of piperazine rings is 1. The van der Waals surface area contributed by atoms with Crippen LogP contribution in [0, 0.1) is 5.92 Å². The van der Waals surface area contributed by atoms with Crippen molar-refractivity contribution < 1.29 is 18.0 Å². The number of carbonyl (C=O) groups excluding carboxylic acids is 1. The maximum Gasteiger partial charge on any atom is 0.416 e. The Hall–Kier alpha value is -3.37. The number of nitrogens with zero attached hydrogens (tertiary/aromatic N) is 5. The first-order valence-corrected chi connectivity index (χ1v) is 14.7. The average molecular weight is 627 g/mol. The van der Waals surface area contributed by atoms with Gasteiger partial charge in [0, 0.05) is 47.9 Å². The van der Waals surface area contributed by atoms with E-state index in [9.17, 15) is 18.0 Å². The summed E-state index contributed by atoms with van der Waals surface area (Å²) in [4.78, 5) is 24.5. The lowest BCUT2D eigenvalue weighted by molar-refractivity contribution is -0.138. The third-order valence-corrected chi connectivity index (χ3v) is 8.68. The number of carbonyl (C=O) groups is 1. The molecular weight excluding hydrogens is 595 g/mol. The first kappa shape index (κ1) is 27.8. The molecule has 0 atom stereocenters. The minimum absolute atomic E-state index is 0.0309. The second-order valence-corrected chi connectivity index (χ2v) is 11.7. The van der Waals surface area contributed by atoms with Gasteiger partial charge in [0.05, 0.1) is 23.1 Å². The summed E-state index contributed by atoms with van der Waals surface area (Å²) in [5.41, 5.74) is 2.99. The van der Waals surface area contributed by atoms with Crippen LogP contribution in [0.3, 0.4) is 0 Å². The van der Waals surface area contributed by atoms with Gasteiger partial charge in [0.1, 0.15) is 5.82 Å². The fourth-order valence-corrected chi connectivity index (χ4v) is 6.18. The third-order valence-electron chi connectivity index (χ3n) is 8.15. The predicted octanol–water partition coefficient (Wildman–Crippen LogP) is 6.37. The van der Waals surface area contributed by atoms with Crippen molar-refractivity contribution in [3.63, 3.8) is 0 Å². The van der Waals surface area contributed by atoms with Crippen molar-refractivity contribution in [3.8, 4) is 5.69 Å². The van der Waals surface area contributed by atoms with Gasteiger partial charge < -0.3 is 9.80 Å². The van der Waals surface area contributed by atoms with Crippen molar-refractivity contribution in [2.75, 3.05) is 44.2 Å². The molecule has 0 saturated carbocycles. The standard InChI is InChI=1S/C31H31BrF3N5O/c32-24-8-10-25(11-9-24)40-28-7-2-1-6-27(28)36-29(40)21-37-14-12-22(13-15-37)30(41)39-18-16-38(17-19-39)26-5-3-4-23(20-26)31(33,34)35/h1-11,20,22H,12-19,21H2. The Morgan fingerprint density at radius 1 is 0.854 bits per heavy atom. The van der Waals surface area contributed by atoms with Crippen molar-refractivity contribution in [2.45, 2.75) is 25.6 Å². The Bertz CT molecular complexity index is 1520. The summed E-state index contributed by atoms with van der Waals surface area (Å²) in [7, 11) is 0. The van der Waals surface area contributed by atoms with Gasteiger partial charge in [-0.15, -0.1) is 0 Å². The molecule has 41 heavy (non-hydrogen) atoms. The average Bonchev–Trinajstić information content (AvgIpc) is 3.35. The number of aromatic nitrogens is 2. The molecule has 0 N–H and O–H groups in total. The van der Waals surface area contributed by atoms with Crippen LogP contribution in [0.1, 0.15) is 24.2 Å². The monoisotopic (exact) mass is 625 g/mol. The van der Waals surface area contributed by atoms with Crippen LogP contribution in [0.15, 0.2) is 77.3 Å². The van der Waals surface area contributed by atoms with E-state index in [1.54, 1.807) is 6.07 Å². The summed E-state index contributed by atoms with van der Waals surface area (Å²) < 4.78 is 42.6. The number of imidazole rings is 1. The van der Waals surface area contributed by atoms with Gasteiger partial charge in [-0.1, -0.05) is 34.1 Å². The smallest absolute Gasteiger partial charge is 0.368 e. The van der Waals surface area contributed by atoms with Crippen molar-refractivity contribution in [3.05, 3.63) is 88.7 Å². The second kappa shape index (κ2) is 11.5. The van der Waals surface area contributed by atoms with E-state index in [2.05, 4.69) is 43.6 Å². The minimum atomic E-state index is -4.37. The zero-order valence-corrected chi connectivity index (χ0v) is 24.1. The molecule has 4 aromatic rings. The maximum absolute atomic E-state index is 13.4. The number of piperidine rings is 1. The first-order chi connectivity index (χ1) is 19.8. The number of rotatable bonds is 5. The van der Waals surface area contributed by atoms with Gasteiger partial charge in [0.15, 0.2) is 0 Å². The van der Waals surface area contributed by atoms with Crippen LogP contribution in [0.4, 0.5) is 18.9 Å². The lowest BCUT2D eigenvalue weighted by Gasteiger charge is -2.39. The highest BCUT2D eigenvalue weighted by atomic mass is 79.9. The molecule has 2 saturated heterocycles. The Kier molecular flexibility index (Phi) is 7.78. The summed E-state index contributed by atoms with van der Waals surface area (Å²) in [6.45, 7) is 4.41. The van der Waals surface area contributed by atoms with Crippen LogP contribution in [0.25, 0.3) is 16.7 Å². The highest BCUT2D eigenvalue weighted by Gasteiger charge is 2.33. The SMILES string of the molecule is O=C(C1CCN(Cc2nc3ccccc3n2-c2ccc(Br)cc2)CC1)N1CCN(c2cccc(C(F)(F)F)c2)CC1. The van der Waals surface area contributed by atoms with E-state index in [4.69, 9.17) is 4.98 Å². The normalized spacial score (nSPS) is 17.4. The molecule has 2 aliphatic heterocycles. The Labute approximate surface area is 245 Å². The second-order valence-electron chi connectivity index (χ2n) is 10.7. The van der Waals surface area contributed by atoms with E-state index in [0.29, 0.717) is 38.4 Å². The molecule has 0 bridgehead atoms. The van der Waals surface area contributed by atoms with Gasteiger partial charge in [0.25, 0.3) is 0 Å². The van der Waals surface area contributed by atoms with Crippen molar-refractivity contribution >= 4 is 38.6 Å². The molecule has 2 aliphatic rings. The minimum Gasteiger partial charge on any atom is -0.368 e. The van der Waals surface area contributed by atoms with E-state index < -0.39 is 11.7 Å². The molecule has 10 heteroatoms. The van der Waals surface area contributed by atoms with Crippen LogP contribution < -0.4 is 4.90 Å². The van der Waals surface area contributed by atoms with Gasteiger partial charge in [-0.25, -0.2) is 4.98 Å². The number of alkyl halides is 3. The van der Waals surface area contributed by atoms with Gasteiger partial charge in [-0.05, 0) is 80.5 Å². The topological polar surface area (TPSA) is 44.6 Å². The van der Waals surface area contributed by atoms with Gasteiger partial charge in [0.2, 0.25) is 5.91 Å². The van der Waals surface area contributed by atoms with Crippen LogP contribution >= 0.6 is 15.9 Å². The quantitative estimate of drug-likeness (QED) is 0.259. The number of hydrogen-bond acceptors (Lipinski definition) is 4. The number of hydrogen-bond donors (Lipinski definition) is 0. The molecule has 0 radical (unpaired) electrons. The van der Waals surface area contributed by atoms with Crippen LogP contribution in [0.2, 0.25) is 0 Å². The molecule has 3 heterocycles. The molecule has 0 spiro atoms. The zero-order valence-electron chi connectivity index (χ0n) is 22.5. The molecule has 2 fully saturated rings. The highest BCUT2D eigenvalue weighted by molar-refractivity contribution is 9.10. The fourth-order valence-electron chi connectivity index (χ4n) is 5.92. The first-order valence-electron chi connectivity index (χ1n) is 13.9. The number of benzene rings is 3. The molecule has 6 nitrogen and oxygen atoms in total. The lowest BCUT2D eigenvalue weighted by Crippen LogP contribution is -2.51. The number of amides is 1. The van der Waals surface area contributed by atoms with E-state index in [0.717, 1.165) is 59.0 Å². The van der Waals surface area contributed by atoms with Crippen LogP contribution in [-0.2, 0) is 17.5 Å². The highest BCUT2D eigenvalue weighted by Crippen LogP contribution is 2.32. The van der Waals surface area contributed by atoms with Crippen molar-refractivity contribution in [2.24, 2.45) is 5.92 Å². The molecule has 1 amide bonds. The number of halogens is 4. The molecule has 214 valence electrons. The fraction of sp³-hybridized carbons (Fsp3) is 0.355. The lowest BCUT2D eigenvalue weighted by atomic mass is 9.95. The van der Waals surface area contributed by atoms with Crippen LogP contribution in [-0.4, -0.2) is 64.5 Å². The molecule has 1 aromatic heterocycles. The van der Waals surface area contributed by atoms with Gasteiger partial charge in [-0.2, -0.15) is 13.2 Å². The number of likely N-dealkylation sites (tertiary alicyclic amines) is 1. The van der Waals surface area contributed by atoms with Gasteiger partial charge >= 0.3 is 6.18 Å². The number of anilines is 1. The Morgan fingerprint density at radius 3 is 2.27 bits per heavy atom. The molecular formula is C31H31BrF3N5O. The zero-order chi connectivity index (χ0) is 28.6. The summed E-state index contributed by atoms with van der Waals surface area (Å²) in [5, 5.41) is 0. The number of fused-ring (bicyclic) bond motifs is 1. The Balaban J connectivity index is 1.06. The molecule has 3 aromatic carbocycles. The van der Waals surface area contributed by atoms with Gasteiger partial charge in [-0.3, -0.25) is 14.3 Å². The number of para-hydroxylation sites is 2. The molecule has 0 unspecified atom stereocenters. The van der Waals surface area contributed by atoms with Crippen molar-refractivity contribution in [1.82, 2.24) is 19.4 Å². The van der Waals surface area contributed by atoms with E-state index in [1.807, 2.05) is 40.1 Å². The largest absolute Gasteiger partial charge is 0.416 e. The van der Waals surface area contributed by atoms with Crippen molar-refractivity contribution in [1.29, 1.82) is 0 Å². The molecule has 6 rings (SSSR count). The van der Waals surface area contributed by atoms with E-state index in [1.165, 1.54) is 12.1 Å². The summed E-state index contributed by atoms with van der Waals surface area (Å²) in [6.07, 6.45) is -2.80. The Morgan fingerprint density at radius 2 is 1.56 bits per heavy atom. The maximum atomic E-state index is 13.4. The third kappa shape index (κ3) is 5.99. The summed E-state index contributed by atoms with van der Waals surface area (Å²) >= 11 is 3.52. The summed E-state index contributed by atoms with van der Waals surface area (Å²) in [6, 6.07) is 21.8. The van der Waals surface area contributed by atoms with Crippen LogP contribution in [0.5, 0.6) is 0 Å². The predicted molar refractivity (Wildman–Crippen MR) is 157 cm³/mol.